The van der Waals surface area contributed by atoms with Crippen molar-refractivity contribution in [2.45, 2.75) is 13.5 Å². The first-order valence-corrected chi connectivity index (χ1v) is 6.25. The molecule has 2 nitrogen and oxygen atoms in total. The van der Waals surface area contributed by atoms with E-state index in [0.29, 0.717) is 9.61 Å². The number of halogens is 2. The van der Waals surface area contributed by atoms with Crippen LogP contribution in [0.3, 0.4) is 0 Å². The predicted octanol–water partition coefficient (Wildman–Crippen LogP) is 3.51. The highest BCUT2D eigenvalue weighted by Gasteiger charge is 2.13. The molecule has 1 aromatic carbocycles. The molecule has 0 aliphatic rings. The third-order valence-corrected chi connectivity index (χ3v) is 3.76. The van der Waals surface area contributed by atoms with Crippen molar-refractivity contribution in [1.82, 2.24) is 4.98 Å². The summed E-state index contributed by atoms with van der Waals surface area (Å²) in [4.78, 5) is 5.00. The van der Waals surface area contributed by atoms with E-state index in [0.717, 1.165) is 16.0 Å². The fraction of sp³-hybridized carbons (Fsp3) is 0.182. The molecule has 1 heterocycles. The molecule has 2 rings (SSSR count). The number of aliphatic hydroxyl groups is 1. The molecule has 0 saturated heterocycles. The Hall–Kier alpha value is -0.780. The minimum atomic E-state index is -0.298. The molecule has 0 aliphatic carbocycles. The normalized spacial score (nSPS) is 10.8. The predicted molar refractivity (Wildman–Crippen MR) is 65.9 cm³/mol. The topological polar surface area (TPSA) is 33.1 Å². The van der Waals surface area contributed by atoms with Crippen molar-refractivity contribution in [2.75, 3.05) is 0 Å². The molecule has 1 N–H and O–H groups in total. The zero-order valence-corrected chi connectivity index (χ0v) is 10.9. The van der Waals surface area contributed by atoms with Crippen LogP contribution in [-0.4, -0.2) is 10.1 Å². The lowest BCUT2D eigenvalue weighted by Gasteiger charge is -2.04. The van der Waals surface area contributed by atoms with Gasteiger partial charge in [-0.2, -0.15) is 0 Å². The molecule has 84 valence electrons. The van der Waals surface area contributed by atoms with Crippen LogP contribution in [0, 0.1) is 12.7 Å². The van der Waals surface area contributed by atoms with Gasteiger partial charge in [0.05, 0.1) is 17.2 Å². The van der Waals surface area contributed by atoms with Crippen LogP contribution in [0.5, 0.6) is 0 Å². The Morgan fingerprint density at radius 2 is 2.25 bits per heavy atom. The second kappa shape index (κ2) is 4.61. The van der Waals surface area contributed by atoms with Crippen LogP contribution in [0.25, 0.3) is 11.3 Å². The smallest absolute Gasteiger partial charge is 0.160 e. The molecule has 0 bridgehead atoms. The van der Waals surface area contributed by atoms with E-state index in [4.69, 9.17) is 0 Å². The molecule has 0 radical (unpaired) electrons. The van der Waals surface area contributed by atoms with Gasteiger partial charge in [0.1, 0.15) is 5.82 Å². The number of rotatable bonds is 2. The fourth-order valence-electron chi connectivity index (χ4n) is 1.49. The van der Waals surface area contributed by atoms with Gasteiger partial charge in [0.15, 0.2) is 3.92 Å². The van der Waals surface area contributed by atoms with Crippen LogP contribution in [0.1, 0.15) is 10.4 Å². The van der Waals surface area contributed by atoms with E-state index < -0.39 is 0 Å². The van der Waals surface area contributed by atoms with Gasteiger partial charge in [-0.15, -0.1) is 11.3 Å². The van der Waals surface area contributed by atoms with E-state index in [9.17, 15) is 9.50 Å². The molecule has 5 heteroatoms. The number of benzene rings is 1. The second-order valence-electron chi connectivity index (χ2n) is 3.36. The molecule has 0 saturated carbocycles. The number of nitrogens with zero attached hydrogens (tertiary/aromatic N) is 1. The van der Waals surface area contributed by atoms with Crippen LogP contribution in [0.15, 0.2) is 22.1 Å². The van der Waals surface area contributed by atoms with E-state index in [2.05, 4.69) is 20.9 Å². The van der Waals surface area contributed by atoms with Crippen molar-refractivity contribution < 1.29 is 9.50 Å². The maximum atomic E-state index is 13.2. The molecule has 0 amide bonds. The lowest BCUT2D eigenvalue weighted by atomic mass is 10.1. The maximum absolute atomic E-state index is 13.2. The average Bonchev–Trinajstić information content (AvgIpc) is 2.63. The summed E-state index contributed by atoms with van der Waals surface area (Å²) in [5, 5.41) is 9.21. The van der Waals surface area contributed by atoms with Gasteiger partial charge >= 0.3 is 0 Å². The van der Waals surface area contributed by atoms with Gasteiger partial charge in [-0.05, 0) is 40.5 Å². The second-order valence-corrected chi connectivity index (χ2v) is 5.72. The monoisotopic (exact) mass is 301 g/mol. The van der Waals surface area contributed by atoms with Gasteiger partial charge in [0, 0.05) is 5.56 Å². The Balaban J connectivity index is 2.61. The summed E-state index contributed by atoms with van der Waals surface area (Å²) >= 11 is 4.62. The molecule has 0 atom stereocenters. The van der Waals surface area contributed by atoms with Gasteiger partial charge in [-0.1, -0.05) is 6.07 Å². The van der Waals surface area contributed by atoms with Crippen LogP contribution < -0.4 is 0 Å². The molecular formula is C11H9BrFNOS. The summed E-state index contributed by atoms with van der Waals surface area (Å²) in [6.07, 6.45) is 0. The van der Waals surface area contributed by atoms with Crippen molar-refractivity contribution in [1.29, 1.82) is 0 Å². The van der Waals surface area contributed by atoms with Gasteiger partial charge in [0.2, 0.25) is 0 Å². The van der Waals surface area contributed by atoms with E-state index in [1.165, 1.54) is 23.5 Å². The number of hydrogen-bond donors (Lipinski definition) is 1. The number of aliphatic hydroxyl groups excluding tert-OH is 1. The zero-order valence-electron chi connectivity index (χ0n) is 8.50. The number of thiazole rings is 1. The van der Waals surface area contributed by atoms with Gasteiger partial charge in [0.25, 0.3) is 0 Å². The summed E-state index contributed by atoms with van der Waals surface area (Å²) in [5.74, 6) is -0.298. The Kier molecular flexibility index (Phi) is 3.37. The highest BCUT2D eigenvalue weighted by atomic mass is 79.9. The molecule has 0 spiro atoms. The molecule has 16 heavy (non-hydrogen) atoms. The average molecular weight is 302 g/mol. The van der Waals surface area contributed by atoms with Crippen LogP contribution in [0.4, 0.5) is 4.39 Å². The first-order valence-electron chi connectivity index (χ1n) is 4.64. The van der Waals surface area contributed by atoms with Crippen molar-refractivity contribution >= 4 is 27.3 Å². The zero-order chi connectivity index (χ0) is 11.7. The summed E-state index contributed by atoms with van der Waals surface area (Å²) in [7, 11) is 0. The third-order valence-electron chi connectivity index (χ3n) is 2.27. The van der Waals surface area contributed by atoms with Gasteiger partial charge in [-0.3, -0.25) is 0 Å². The minimum absolute atomic E-state index is 0.0887. The van der Waals surface area contributed by atoms with E-state index in [1.54, 1.807) is 6.07 Å². The highest BCUT2D eigenvalue weighted by Crippen LogP contribution is 2.33. The van der Waals surface area contributed by atoms with Crippen molar-refractivity contribution in [3.05, 3.63) is 38.4 Å². The van der Waals surface area contributed by atoms with Gasteiger partial charge < -0.3 is 5.11 Å². The highest BCUT2D eigenvalue weighted by molar-refractivity contribution is 9.11. The molecular weight excluding hydrogens is 293 g/mol. The number of aromatic nitrogens is 1. The lowest BCUT2D eigenvalue weighted by Crippen LogP contribution is -1.89. The Morgan fingerprint density at radius 1 is 1.50 bits per heavy atom. The first-order chi connectivity index (χ1) is 7.61. The summed E-state index contributed by atoms with van der Waals surface area (Å²) < 4.78 is 13.9. The number of aryl methyl sites for hydroxylation is 1. The summed E-state index contributed by atoms with van der Waals surface area (Å²) in [5.41, 5.74) is 2.32. The van der Waals surface area contributed by atoms with Crippen molar-refractivity contribution in [3.8, 4) is 11.3 Å². The van der Waals surface area contributed by atoms with Crippen molar-refractivity contribution in [3.63, 3.8) is 0 Å². The lowest BCUT2D eigenvalue weighted by molar-refractivity contribution is 0.286. The van der Waals surface area contributed by atoms with E-state index >= 15 is 0 Å². The Bertz CT molecular complexity index is 527. The quantitative estimate of drug-likeness (QED) is 0.921. The maximum Gasteiger partial charge on any atom is 0.160 e. The first kappa shape index (κ1) is 11.7. The van der Waals surface area contributed by atoms with E-state index in [1.807, 2.05) is 6.92 Å². The summed E-state index contributed by atoms with van der Waals surface area (Å²) in [6.45, 7) is 1.80. The molecule has 0 fully saturated rings. The SMILES string of the molecule is Cc1ccc(F)cc1-c1nc(Br)sc1CO. The summed E-state index contributed by atoms with van der Waals surface area (Å²) in [6, 6.07) is 4.56. The van der Waals surface area contributed by atoms with Crippen molar-refractivity contribution in [2.24, 2.45) is 0 Å². The number of hydrogen-bond acceptors (Lipinski definition) is 3. The standard InChI is InChI=1S/C11H9BrFNOS/c1-6-2-3-7(13)4-8(6)10-9(5-15)16-11(12)14-10/h2-4,15H,5H2,1H3. The Morgan fingerprint density at radius 3 is 2.94 bits per heavy atom. The fourth-order valence-corrected chi connectivity index (χ4v) is 2.91. The van der Waals surface area contributed by atoms with Crippen LogP contribution >= 0.6 is 27.3 Å². The Labute approximate surface area is 105 Å². The molecule has 0 aliphatic heterocycles. The largest absolute Gasteiger partial charge is 0.391 e. The molecule has 1 aromatic heterocycles. The van der Waals surface area contributed by atoms with Gasteiger partial charge in [-0.25, -0.2) is 9.37 Å². The molecule has 0 unspecified atom stereocenters. The van der Waals surface area contributed by atoms with E-state index in [-0.39, 0.29) is 12.4 Å². The van der Waals surface area contributed by atoms with Crippen LogP contribution in [-0.2, 0) is 6.61 Å². The molecule has 2 aromatic rings. The minimum Gasteiger partial charge on any atom is -0.391 e. The third kappa shape index (κ3) is 2.16. The van der Waals surface area contributed by atoms with Crippen LogP contribution in [0.2, 0.25) is 0 Å².